The third-order valence-corrected chi connectivity index (χ3v) is 7.27. The molecule has 1 saturated carbocycles. The molecule has 0 aromatic heterocycles. The third kappa shape index (κ3) is 4.80. The van der Waals surface area contributed by atoms with Crippen LogP contribution in [-0.2, 0) is 10.0 Å². The van der Waals surface area contributed by atoms with Gasteiger partial charge in [-0.05, 0) is 80.1 Å². The summed E-state index contributed by atoms with van der Waals surface area (Å²) in [6.45, 7) is 0.813. The number of carbonyl (C=O) groups is 2. The molecule has 164 valence electrons. The van der Waals surface area contributed by atoms with Gasteiger partial charge < -0.3 is 10.2 Å². The summed E-state index contributed by atoms with van der Waals surface area (Å²) < 4.78 is 22.7. The van der Waals surface area contributed by atoms with Gasteiger partial charge in [-0.15, -0.1) is 0 Å². The first kappa shape index (κ1) is 21.5. The minimum absolute atomic E-state index is 0.0511. The topological polar surface area (TPSA) is 110 Å². The van der Waals surface area contributed by atoms with Gasteiger partial charge in [-0.3, -0.25) is 9.59 Å². The van der Waals surface area contributed by atoms with Crippen LogP contribution in [0.15, 0.2) is 53.4 Å². The second-order valence-corrected chi connectivity index (χ2v) is 9.91. The largest absolute Gasteiger partial charge is 0.335 e. The highest BCUT2D eigenvalue weighted by Gasteiger charge is 2.35. The highest BCUT2D eigenvalue weighted by atomic mass is 32.2. The second kappa shape index (κ2) is 8.80. The fourth-order valence-corrected chi connectivity index (χ4v) is 5.25. The molecule has 0 radical (unpaired) electrons. The molecule has 3 N–H and O–H groups in total. The quantitative estimate of drug-likeness (QED) is 0.758. The van der Waals surface area contributed by atoms with Crippen LogP contribution in [0.1, 0.15) is 59.2 Å². The fourth-order valence-electron chi connectivity index (χ4n) is 4.74. The van der Waals surface area contributed by atoms with Gasteiger partial charge in [-0.2, -0.15) is 0 Å². The summed E-state index contributed by atoms with van der Waals surface area (Å²) in [5.41, 5.74) is 1.50. The summed E-state index contributed by atoms with van der Waals surface area (Å²) in [5, 5.41) is 7.84. The molecule has 0 bridgehead atoms. The van der Waals surface area contributed by atoms with Gasteiger partial charge in [0.15, 0.2) is 0 Å². The van der Waals surface area contributed by atoms with Crippen molar-refractivity contribution < 1.29 is 18.0 Å². The first-order chi connectivity index (χ1) is 14.8. The first-order valence-corrected chi connectivity index (χ1v) is 12.2. The van der Waals surface area contributed by atoms with E-state index < -0.39 is 10.0 Å². The number of sulfonamides is 1. The van der Waals surface area contributed by atoms with Gasteiger partial charge in [0.05, 0.1) is 4.90 Å². The van der Waals surface area contributed by atoms with E-state index in [-0.39, 0.29) is 16.7 Å². The maximum Gasteiger partial charge on any atom is 0.255 e. The molecule has 2 fully saturated rings. The minimum Gasteiger partial charge on any atom is -0.335 e. The van der Waals surface area contributed by atoms with Crippen LogP contribution in [0, 0.1) is 5.92 Å². The van der Waals surface area contributed by atoms with Crippen LogP contribution >= 0.6 is 0 Å². The highest BCUT2D eigenvalue weighted by Crippen LogP contribution is 2.36. The molecular weight excluding hydrogens is 414 g/mol. The molecule has 1 aliphatic heterocycles. The lowest BCUT2D eigenvalue weighted by Gasteiger charge is -2.44. The van der Waals surface area contributed by atoms with E-state index in [1.165, 1.54) is 49.9 Å². The van der Waals surface area contributed by atoms with E-state index in [2.05, 4.69) is 5.32 Å². The minimum atomic E-state index is -3.80. The number of anilines is 1. The zero-order valence-corrected chi connectivity index (χ0v) is 18.1. The summed E-state index contributed by atoms with van der Waals surface area (Å²) in [4.78, 5) is 27.5. The average molecular weight is 442 g/mol. The molecule has 8 heteroatoms. The van der Waals surface area contributed by atoms with Crippen molar-refractivity contribution in [1.82, 2.24) is 4.90 Å². The summed E-state index contributed by atoms with van der Waals surface area (Å²) in [5.74, 6) is 0.319. The number of amides is 2. The van der Waals surface area contributed by atoms with Crippen molar-refractivity contribution in [3.05, 3.63) is 59.7 Å². The average Bonchev–Trinajstić information content (AvgIpc) is 2.78. The van der Waals surface area contributed by atoms with Crippen LogP contribution in [0.2, 0.25) is 0 Å². The van der Waals surface area contributed by atoms with Crippen LogP contribution in [0.5, 0.6) is 0 Å². The lowest BCUT2D eigenvalue weighted by molar-refractivity contribution is 0.0390. The van der Waals surface area contributed by atoms with E-state index in [0.717, 1.165) is 19.4 Å². The molecule has 2 aromatic carbocycles. The molecule has 7 nitrogen and oxygen atoms in total. The van der Waals surface area contributed by atoms with Crippen LogP contribution < -0.4 is 10.5 Å². The zero-order chi connectivity index (χ0) is 22.0. The summed E-state index contributed by atoms with van der Waals surface area (Å²) in [6, 6.07) is 12.7. The Morgan fingerprint density at radius 3 is 2.16 bits per heavy atom. The number of hydrogen-bond acceptors (Lipinski definition) is 4. The SMILES string of the molecule is NS(=O)(=O)c1ccc(C(=O)Nc2ccc(C(=O)N3CCC[C@H]4CCCC[C@@H]43)cc2)cc1. The molecule has 2 amide bonds. The molecule has 0 spiro atoms. The maximum absolute atomic E-state index is 13.1. The fraction of sp³-hybridized carbons (Fsp3) is 0.391. The number of piperidine rings is 1. The summed E-state index contributed by atoms with van der Waals surface area (Å²) in [7, 11) is -3.80. The molecule has 1 heterocycles. The van der Waals surface area contributed by atoms with Gasteiger partial charge in [-0.1, -0.05) is 12.8 Å². The molecule has 2 aromatic rings. The highest BCUT2D eigenvalue weighted by molar-refractivity contribution is 7.89. The second-order valence-electron chi connectivity index (χ2n) is 8.35. The van der Waals surface area contributed by atoms with Crippen molar-refractivity contribution in [1.29, 1.82) is 0 Å². The molecule has 4 rings (SSSR count). The number of nitrogens with one attached hydrogen (secondary N) is 1. The predicted octanol–water partition coefficient (Wildman–Crippen LogP) is 3.38. The Bertz CT molecular complexity index is 1060. The Balaban J connectivity index is 1.42. The van der Waals surface area contributed by atoms with Crippen LogP contribution in [0.25, 0.3) is 0 Å². The number of primary sulfonamides is 1. The Hall–Kier alpha value is -2.71. The molecular formula is C23H27N3O4S. The van der Waals surface area contributed by atoms with Crippen molar-refractivity contribution in [2.45, 2.75) is 49.5 Å². The molecule has 2 atom stereocenters. The van der Waals surface area contributed by atoms with Crippen molar-refractivity contribution in [2.75, 3.05) is 11.9 Å². The zero-order valence-electron chi connectivity index (χ0n) is 17.3. The van der Waals surface area contributed by atoms with E-state index >= 15 is 0 Å². The Labute approximate surface area is 182 Å². The molecule has 0 unspecified atom stereocenters. The Kier molecular flexibility index (Phi) is 6.11. The standard InChI is InChI=1S/C23H27N3O4S/c24-31(29,30)20-13-9-17(10-14-20)22(27)25-19-11-7-18(8-12-19)23(28)26-15-3-5-16-4-1-2-6-21(16)26/h7-14,16,21H,1-6,15H2,(H,25,27)(H2,24,29,30)/t16-,21+/m1/s1. The van der Waals surface area contributed by atoms with Gasteiger partial charge in [0.2, 0.25) is 10.0 Å². The Morgan fingerprint density at radius 1 is 0.871 bits per heavy atom. The number of rotatable bonds is 4. The van der Waals surface area contributed by atoms with Crippen LogP contribution in [0.4, 0.5) is 5.69 Å². The van der Waals surface area contributed by atoms with E-state index in [1.54, 1.807) is 24.3 Å². The van der Waals surface area contributed by atoms with E-state index in [1.807, 2.05) is 4.90 Å². The van der Waals surface area contributed by atoms with Gasteiger partial charge in [0, 0.05) is 29.4 Å². The number of likely N-dealkylation sites (tertiary alicyclic amines) is 1. The number of benzene rings is 2. The normalized spacial score (nSPS) is 21.3. The van der Waals surface area contributed by atoms with Crippen molar-refractivity contribution >= 4 is 27.5 Å². The molecule has 31 heavy (non-hydrogen) atoms. The van der Waals surface area contributed by atoms with Gasteiger partial charge >= 0.3 is 0 Å². The molecule has 1 aliphatic carbocycles. The lowest BCUT2D eigenvalue weighted by atomic mass is 9.78. The lowest BCUT2D eigenvalue weighted by Crippen LogP contribution is -2.49. The first-order valence-electron chi connectivity index (χ1n) is 10.7. The van der Waals surface area contributed by atoms with Crippen LogP contribution in [-0.4, -0.2) is 37.7 Å². The van der Waals surface area contributed by atoms with E-state index in [9.17, 15) is 18.0 Å². The predicted molar refractivity (Wildman–Crippen MR) is 118 cm³/mol. The third-order valence-electron chi connectivity index (χ3n) is 6.34. The summed E-state index contributed by atoms with van der Waals surface area (Å²) >= 11 is 0. The Morgan fingerprint density at radius 2 is 1.48 bits per heavy atom. The number of nitrogens with zero attached hydrogens (tertiary/aromatic N) is 1. The summed E-state index contributed by atoms with van der Waals surface area (Å²) in [6.07, 6.45) is 7.05. The monoisotopic (exact) mass is 441 g/mol. The smallest absolute Gasteiger partial charge is 0.255 e. The van der Waals surface area contributed by atoms with Crippen molar-refractivity contribution in [2.24, 2.45) is 11.1 Å². The molecule has 1 saturated heterocycles. The van der Waals surface area contributed by atoms with Gasteiger partial charge in [0.1, 0.15) is 0 Å². The van der Waals surface area contributed by atoms with Crippen LogP contribution in [0.3, 0.4) is 0 Å². The van der Waals surface area contributed by atoms with Gasteiger partial charge in [0.25, 0.3) is 11.8 Å². The van der Waals surface area contributed by atoms with E-state index in [0.29, 0.717) is 28.8 Å². The number of hydrogen-bond donors (Lipinski definition) is 2. The number of nitrogens with two attached hydrogens (primary N) is 1. The molecule has 2 aliphatic rings. The van der Waals surface area contributed by atoms with Crippen molar-refractivity contribution in [3.8, 4) is 0 Å². The number of carbonyl (C=O) groups excluding carboxylic acids is 2. The van der Waals surface area contributed by atoms with Gasteiger partial charge in [-0.25, -0.2) is 13.6 Å². The number of fused-ring (bicyclic) bond motifs is 1. The maximum atomic E-state index is 13.1. The van der Waals surface area contributed by atoms with Crippen molar-refractivity contribution in [3.63, 3.8) is 0 Å². The van der Waals surface area contributed by atoms with E-state index in [4.69, 9.17) is 5.14 Å².